The van der Waals surface area contributed by atoms with Crippen LogP contribution in [0.1, 0.15) is 13.8 Å². The van der Waals surface area contributed by atoms with Crippen molar-refractivity contribution in [3.8, 4) is 0 Å². The van der Waals surface area contributed by atoms with Crippen molar-refractivity contribution in [3.63, 3.8) is 0 Å². The van der Waals surface area contributed by atoms with Gasteiger partial charge in [-0.2, -0.15) is 0 Å². The average molecular weight is 218 g/mol. The molecule has 2 N–H and O–H groups in total. The molecular formula is C10H22N2O3. The highest BCUT2D eigenvalue weighted by Crippen LogP contribution is 1.84. The first kappa shape index (κ1) is 14.3. The summed E-state index contributed by atoms with van der Waals surface area (Å²) in [6, 6.07) is 0.0455. The lowest BCUT2D eigenvalue weighted by molar-refractivity contribution is -0.121. The highest BCUT2D eigenvalue weighted by atomic mass is 16.5. The average Bonchev–Trinajstić information content (AvgIpc) is 2.17. The lowest BCUT2D eigenvalue weighted by Crippen LogP contribution is -2.42. The Kier molecular flexibility index (Phi) is 8.27. The van der Waals surface area contributed by atoms with Crippen LogP contribution >= 0.6 is 0 Å². The summed E-state index contributed by atoms with van der Waals surface area (Å²) in [6.07, 6.45) is 0.120. The molecule has 0 spiro atoms. The zero-order chi connectivity index (χ0) is 11.7. The molecule has 0 rings (SSSR count). The van der Waals surface area contributed by atoms with Crippen molar-refractivity contribution in [2.75, 3.05) is 33.9 Å². The van der Waals surface area contributed by atoms with Gasteiger partial charge in [-0.05, 0) is 13.8 Å². The van der Waals surface area contributed by atoms with Gasteiger partial charge >= 0.3 is 0 Å². The zero-order valence-corrected chi connectivity index (χ0v) is 10.0. The van der Waals surface area contributed by atoms with E-state index in [4.69, 9.17) is 9.47 Å². The number of amides is 1. The van der Waals surface area contributed by atoms with Crippen LogP contribution < -0.4 is 10.6 Å². The van der Waals surface area contributed by atoms with E-state index in [0.29, 0.717) is 19.7 Å². The summed E-state index contributed by atoms with van der Waals surface area (Å²) in [5, 5.41) is 5.81. The molecular weight excluding hydrogens is 196 g/mol. The molecule has 0 aromatic rings. The number of carbonyl (C=O) groups is 1. The molecule has 2 atom stereocenters. The van der Waals surface area contributed by atoms with Crippen molar-refractivity contribution in [1.29, 1.82) is 0 Å². The first-order chi connectivity index (χ1) is 7.10. The Bertz CT molecular complexity index is 176. The molecule has 0 aliphatic rings. The Morgan fingerprint density at radius 1 is 1.33 bits per heavy atom. The number of methoxy groups -OCH3 is 2. The Labute approximate surface area is 91.5 Å². The van der Waals surface area contributed by atoms with Gasteiger partial charge in [-0.25, -0.2) is 0 Å². The Morgan fingerprint density at radius 2 is 2.00 bits per heavy atom. The van der Waals surface area contributed by atoms with Gasteiger partial charge in [-0.1, -0.05) is 0 Å². The molecule has 0 bridgehead atoms. The fourth-order valence-electron chi connectivity index (χ4n) is 1.09. The van der Waals surface area contributed by atoms with Crippen LogP contribution in [0.2, 0.25) is 0 Å². The van der Waals surface area contributed by atoms with Gasteiger partial charge in [0.25, 0.3) is 0 Å². The topological polar surface area (TPSA) is 59.6 Å². The van der Waals surface area contributed by atoms with Crippen molar-refractivity contribution in [1.82, 2.24) is 10.6 Å². The molecule has 0 aromatic carbocycles. The molecule has 0 aromatic heterocycles. The van der Waals surface area contributed by atoms with Crippen LogP contribution in [0, 0.1) is 0 Å². The fourth-order valence-corrected chi connectivity index (χ4v) is 1.09. The highest BCUT2D eigenvalue weighted by Gasteiger charge is 2.06. The number of nitrogens with one attached hydrogen (secondary N) is 2. The van der Waals surface area contributed by atoms with Gasteiger partial charge in [0.15, 0.2) is 0 Å². The van der Waals surface area contributed by atoms with Crippen LogP contribution in [0.3, 0.4) is 0 Å². The number of hydrogen-bond donors (Lipinski definition) is 2. The van der Waals surface area contributed by atoms with Crippen LogP contribution in [0.4, 0.5) is 0 Å². The third-order valence-corrected chi connectivity index (χ3v) is 1.94. The van der Waals surface area contributed by atoms with Gasteiger partial charge in [0.2, 0.25) is 5.91 Å². The minimum atomic E-state index is -0.0251. The maximum absolute atomic E-state index is 11.3. The van der Waals surface area contributed by atoms with E-state index in [0.717, 1.165) is 0 Å². The molecule has 2 unspecified atom stereocenters. The molecule has 0 saturated carbocycles. The number of hydrogen-bond acceptors (Lipinski definition) is 4. The maximum Gasteiger partial charge on any atom is 0.234 e. The fraction of sp³-hybridized carbons (Fsp3) is 0.900. The first-order valence-electron chi connectivity index (χ1n) is 5.12. The van der Waals surface area contributed by atoms with Crippen molar-refractivity contribution < 1.29 is 14.3 Å². The van der Waals surface area contributed by atoms with Crippen molar-refractivity contribution in [2.24, 2.45) is 0 Å². The summed E-state index contributed by atoms with van der Waals surface area (Å²) in [6.45, 7) is 5.35. The summed E-state index contributed by atoms with van der Waals surface area (Å²) in [7, 11) is 3.26. The molecule has 0 radical (unpaired) electrons. The quantitative estimate of drug-likeness (QED) is 0.590. The van der Waals surface area contributed by atoms with Crippen LogP contribution in [-0.2, 0) is 14.3 Å². The second-order valence-corrected chi connectivity index (χ2v) is 3.60. The third-order valence-electron chi connectivity index (χ3n) is 1.94. The minimum absolute atomic E-state index is 0.0251. The Morgan fingerprint density at radius 3 is 2.53 bits per heavy atom. The van der Waals surface area contributed by atoms with Gasteiger partial charge in [0, 0.05) is 26.8 Å². The Balaban J connectivity index is 3.48. The number of carbonyl (C=O) groups excluding carboxylic acids is 1. The van der Waals surface area contributed by atoms with E-state index in [9.17, 15) is 4.79 Å². The van der Waals surface area contributed by atoms with E-state index in [1.54, 1.807) is 14.2 Å². The standard InChI is InChI=1S/C10H22N2O3/c1-8(7-14-3)12-10(13)6-11-5-9(2)15-4/h8-9,11H,5-7H2,1-4H3,(H,12,13). The van der Waals surface area contributed by atoms with E-state index in [1.807, 2.05) is 13.8 Å². The third kappa shape index (κ3) is 8.35. The maximum atomic E-state index is 11.3. The number of rotatable bonds is 8. The molecule has 0 heterocycles. The summed E-state index contributed by atoms with van der Waals surface area (Å²) < 4.78 is 9.95. The smallest absolute Gasteiger partial charge is 0.234 e. The van der Waals surface area contributed by atoms with Crippen LogP contribution in [0.5, 0.6) is 0 Å². The van der Waals surface area contributed by atoms with Gasteiger partial charge in [-0.15, -0.1) is 0 Å². The van der Waals surface area contributed by atoms with Gasteiger partial charge < -0.3 is 20.1 Å². The summed E-state index contributed by atoms with van der Waals surface area (Å²) in [5.74, 6) is -0.0251. The second-order valence-electron chi connectivity index (χ2n) is 3.60. The van der Waals surface area contributed by atoms with Crippen LogP contribution in [0.15, 0.2) is 0 Å². The molecule has 0 saturated heterocycles. The molecule has 15 heavy (non-hydrogen) atoms. The molecule has 1 amide bonds. The monoisotopic (exact) mass is 218 g/mol. The lowest BCUT2D eigenvalue weighted by Gasteiger charge is -2.14. The molecule has 90 valence electrons. The van der Waals surface area contributed by atoms with Crippen LogP contribution in [0.25, 0.3) is 0 Å². The van der Waals surface area contributed by atoms with E-state index >= 15 is 0 Å². The molecule has 5 nitrogen and oxygen atoms in total. The SMILES string of the molecule is COCC(C)NC(=O)CNCC(C)OC. The van der Waals surface area contributed by atoms with Gasteiger partial charge in [-0.3, -0.25) is 4.79 Å². The summed E-state index contributed by atoms with van der Waals surface area (Å²) in [4.78, 5) is 11.3. The second kappa shape index (κ2) is 8.64. The predicted octanol–water partition coefficient (Wildman–Crippen LogP) is -0.238. The predicted molar refractivity (Wildman–Crippen MR) is 58.8 cm³/mol. The Hall–Kier alpha value is -0.650. The van der Waals surface area contributed by atoms with E-state index in [-0.39, 0.29) is 18.1 Å². The van der Waals surface area contributed by atoms with E-state index < -0.39 is 0 Å². The van der Waals surface area contributed by atoms with Crippen molar-refractivity contribution >= 4 is 5.91 Å². The van der Waals surface area contributed by atoms with E-state index in [2.05, 4.69) is 10.6 Å². The highest BCUT2D eigenvalue weighted by molar-refractivity contribution is 5.78. The van der Waals surface area contributed by atoms with E-state index in [1.165, 1.54) is 0 Å². The molecule has 0 aliphatic heterocycles. The molecule has 0 fully saturated rings. The van der Waals surface area contributed by atoms with Crippen molar-refractivity contribution in [3.05, 3.63) is 0 Å². The van der Waals surface area contributed by atoms with Gasteiger partial charge in [0.1, 0.15) is 0 Å². The van der Waals surface area contributed by atoms with Gasteiger partial charge in [0.05, 0.1) is 19.3 Å². The molecule has 0 aliphatic carbocycles. The van der Waals surface area contributed by atoms with Crippen molar-refractivity contribution in [2.45, 2.75) is 26.0 Å². The zero-order valence-electron chi connectivity index (χ0n) is 10.0. The normalized spacial score (nSPS) is 14.7. The number of ether oxygens (including phenoxy) is 2. The lowest BCUT2D eigenvalue weighted by atomic mass is 10.3. The van der Waals surface area contributed by atoms with Crippen LogP contribution in [-0.4, -0.2) is 52.0 Å². The summed E-state index contributed by atoms with van der Waals surface area (Å²) in [5.41, 5.74) is 0. The largest absolute Gasteiger partial charge is 0.383 e. The minimum Gasteiger partial charge on any atom is -0.383 e. The summed E-state index contributed by atoms with van der Waals surface area (Å²) >= 11 is 0. The molecule has 5 heteroatoms. The first-order valence-corrected chi connectivity index (χ1v) is 5.12.